The highest BCUT2D eigenvalue weighted by Gasteiger charge is 2.29. The SMILES string of the molecule is CCN(CC)C(=O)C(c1ccc([N+](=O)[O-])cc1)c1ccccc1OC. The fraction of sp³-hybridized carbons (Fsp3) is 0.316. The van der Waals surface area contributed by atoms with E-state index in [2.05, 4.69) is 0 Å². The first kappa shape index (κ1) is 18.4. The van der Waals surface area contributed by atoms with Crippen molar-refractivity contribution in [1.82, 2.24) is 4.90 Å². The molecule has 1 amide bonds. The number of nitrogens with zero attached hydrogens (tertiary/aromatic N) is 2. The Labute approximate surface area is 147 Å². The average Bonchev–Trinajstić information content (AvgIpc) is 2.64. The summed E-state index contributed by atoms with van der Waals surface area (Å²) >= 11 is 0. The van der Waals surface area contributed by atoms with Crippen LogP contribution in [-0.4, -0.2) is 35.9 Å². The number of hydrogen-bond donors (Lipinski definition) is 0. The minimum absolute atomic E-state index is 0.00202. The summed E-state index contributed by atoms with van der Waals surface area (Å²) in [5.74, 6) is -0.00781. The van der Waals surface area contributed by atoms with Gasteiger partial charge in [-0.05, 0) is 25.5 Å². The van der Waals surface area contributed by atoms with Gasteiger partial charge in [-0.15, -0.1) is 0 Å². The second-order valence-corrected chi connectivity index (χ2v) is 5.53. The summed E-state index contributed by atoms with van der Waals surface area (Å²) in [5, 5.41) is 10.9. The Morgan fingerprint density at radius 1 is 1.12 bits per heavy atom. The zero-order valence-corrected chi connectivity index (χ0v) is 14.6. The number of nitro benzene ring substituents is 1. The van der Waals surface area contributed by atoms with Gasteiger partial charge < -0.3 is 9.64 Å². The van der Waals surface area contributed by atoms with Crippen molar-refractivity contribution in [2.75, 3.05) is 20.2 Å². The van der Waals surface area contributed by atoms with Crippen molar-refractivity contribution in [3.05, 3.63) is 69.8 Å². The molecule has 0 fully saturated rings. The van der Waals surface area contributed by atoms with Crippen LogP contribution in [0.3, 0.4) is 0 Å². The van der Waals surface area contributed by atoms with Crippen LogP contribution in [0.2, 0.25) is 0 Å². The Hall–Kier alpha value is -2.89. The molecule has 0 spiro atoms. The normalized spacial score (nSPS) is 11.6. The minimum atomic E-state index is -0.572. The molecule has 0 radical (unpaired) electrons. The maximum atomic E-state index is 13.1. The highest BCUT2D eigenvalue weighted by Crippen LogP contribution is 2.34. The lowest BCUT2D eigenvalue weighted by Crippen LogP contribution is -2.35. The monoisotopic (exact) mass is 342 g/mol. The number of likely N-dealkylation sites (N-methyl/N-ethyl adjacent to an activating group) is 1. The predicted octanol–water partition coefficient (Wildman–Crippen LogP) is 3.60. The molecule has 0 saturated carbocycles. The highest BCUT2D eigenvalue weighted by atomic mass is 16.6. The summed E-state index contributed by atoms with van der Waals surface area (Å²) in [6.45, 7) is 5.04. The quantitative estimate of drug-likeness (QED) is 0.569. The zero-order valence-electron chi connectivity index (χ0n) is 14.6. The number of ether oxygens (including phenoxy) is 1. The second-order valence-electron chi connectivity index (χ2n) is 5.53. The molecule has 2 aromatic rings. The molecular formula is C19H22N2O4. The third-order valence-electron chi connectivity index (χ3n) is 4.21. The van der Waals surface area contributed by atoms with E-state index in [9.17, 15) is 14.9 Å². The second kappa shape index (κ2) is 8.28. The number of rotatable bonds is 7. The molecule has 2 aromatic carbocycles. The van der Waals surface area contributed by atoms with Crippen LogP contribution in [0.25, 0.3) is 0 Å². The number of non-ortho nitro benzene ring substituents is 1. The van der Waals surface area contributed by atoms with Gasteiger partial charge in [0.2, 0.25) is 5.91 Å². The van der Waals surface area contributed by atoms with Gasteiger partial charge in [0.05, 0.1) is 18.0 Å². The number of benzene rings is 2. The van der Waals surface area contributed by atoms with Gasteiger partial charge >= 0.3 is 0 Å². The van der Waals surface area contributed by atoms with Crippen LogP contribution in [0, 0.1) is 10.1 Å². The third-order valence-corrected chi connectivity index (χ3v) is 4.21. The summed E-state index contributed by atoms with van der Waals surface area (Å²) in [6, 6.07) is 13.5. The van der Waals surface area contributed by atoms with E-state index < -0.39 is 10.8 Å². The van der Waals surface area contributed by atoms with Crippen molar-refractivity contribution in [2.45, 2.75) is 19.8 Å². The lowest BCUT2D eigenvalue weighted by atomic mass is 9.89. The molecule has 0 bridgehead atoms. The van der Waals surface area contributed by atoms with E-state index in [-0.39, 0.29) is 11.6 Å². The number of nitro groups is 1. The van der Waals surface area contributed by atoms with Crippen molar-refractivity contribution in [1.29, 1.82) is 0 Å². The average molecular weight is 342 g/mol. The van der Waals surface area contributed by atoms with Gasteiger partial charge in [-0.3, -0.25) is 14.9 Å². The van der Waals surface area contributed by atoms with Crippen LogP contribution in [0.15, 0.2) is 48.5 Å². The Kier molecular flexibility index (Phi) is 6.11. The minimum Gasteiger partial charge on any atom is -0.496 e. The van der Waals surface area contributed by atoms with E-state index in [0.717, 1.165) is 5.56 Å². The van der Waals surface area contributed by atoms with Gasteiger partial charge in [-0.25, -0.2) is 0 Å². The molecule has 0 heterocycles. The summed E-state index contributed by atoms with van der Waals surface area (Å²) in [7, 11) is 1.56. The number of hydrogen-bond acceptors (Lipinski definition) is 4. The summed E-state index contributed by atoms with van der Waals surface area (Å²) in [4.78, 5) is 25.3. The molecule has 0 aliphatic carbocycles. The molecule has 1 atom stereocenters. The van der Waals surface area contributed by atoms with Gasteiger partial charge in [0, 0.05) is 30.8 Å². The van der Waals surface area contributed by atoms with Crippen LogP contribution in [0.4, 0.5) is 5.69 Å². The number of methoxy groups -OCH3 is 1. The fourth-order valence-corrected chi connectivity index (χ4v) is 2.87. The zero-order chi connectivity index (χ0) is 18.4. The van der Waals surface area contributed by atoms with E-state index in [1.807, 2.05) is 38.1 Å². The van der Waals surface area contributed by atoms with Crippen molar-refractivity contribution in [2.24, 2.45) is 0 Å². The first-order chi connectivity index (χ1) is 12.0. The van der Waals surface area contributed by atoms with E-state index in [4.69, 9.17) is 4.74 Å². The first-order valence-electron chi connectivity index (χ1n) is 8.19. The molecule has 0 aliphatic heterocycles. The van der Waals surface area contributed by atoms with Gasteiger partial charge in [0.1, 0.15) is 5.75 Å². The first-order valence-corrected chi connectivity index (χ1v) is 8.19. The van der Waals surface area contributed by atoms with Gasteiger partial charge in [0.25, 0.3) is 5.69 Å². The van der Waals surface area contributed by atoms with Crippen molar-refractivity contribution in [3.63, 3.8) is 0 Å². The summed E-state index contributed by atoms with van der Waals surface area (Å²) in [6.07, 6.45) is 0. The van der Waals surface area contributed by atoms with Gasteiger partial charge in [0.15, 0.2) is 0 Å². The standard InChI is InChI=1S/C19H22N2O4/c1-4-20(5-2)19(22)18(16-8-6-7-9-17(16)25-3)14-10-12-15(13-11-14)21(23)24/h6-13,18H,4-5H2,1-3H3. The van der Waals surface area contributed by atoms with Crippen LogP contribution in [-0.2, 0) is 4.79 Å². The fourth-order valence-electron chi connectivity index (χ4n) is 2.87. The number of para-hydroxylation sites is 1. The van der Waals surface area contributed by atoms with Crippen molar-refractivity contribution < 1.29 is 14.5 Å². The lowest BCUT2D eigenvalue weighted by Gasteiger charge is -2.26. The van der Waals surface area contributed by atoms with E-state index >= 15 is 0 Å². The summed E-state index contributed by atoms with van der Waals surface area (Å²) < 4.78 is 5.43. The Balaban J connectivity index is 2.55. The molecule has 6 nitrogen and oxygen atoms in total. The van der Waals surface area contributed by atoms with Crippen molar-refractivity contribution in [3.8, 4) is 5.75 Å². The number of carbonyl (C=O) groups is 1. The molecule has 0 N–H and O–H groups in total. The Morgan fingerprint density at radius 3 is 2.24 bits per heavy atom. The summed E-state index contributed by atoms with van der Waals surface area (Å²) in [5.41, 5.74) is 1.44. The van der Waals surface area contributed by atoms with Gasteiger partial charge in [-0.1, -0.05) is 30.3 Å². The number of amides is 1. The topological polar surface area (TPSA) is 72.7 Å². The maximum Gasteiger partial charge on any atom is 0.269 e. The number of carbonyl (C=O) groups excluding carboxylic acids is 1. The molecule has 2 rings (SSSR count). The van der Waals surface area contributed by atoms with Crippen molar-refractivity contribution >= 4 is 11.6 Å². The molecule has 6 heteroatoms. The Morgan fingerprint density at radius 2 is 1.72 bits per heavy atom. The third kappa shape index (κ3) is 3.96. The van der Waals surface area contributed by atoms with Crippen LogP contribution < -0.4 is 4.74 Å². The van der Waals surface area contributed by atoms with Crippen LogP contribution >= 0.6 is 0 Å². The largest absolute Gasteiger partial charge is 0.496 e. The molecule has 0 aliphatic rings. The molecule has 25 heavy (non-hydrogen) atoms. The van der Waals surface area contributed by atoms with E-state index in [1.165, 1.54) is 12.1 Å². The lowest BCUT2D eigenvalue weighted by molar-refractivity contribution is -0.384. The van der Waals surface area contributed by atoms with Crippen LogP contribution in [0.1, 0.15) is 30.9 Å². The van der Waals surface area contributed by atoms with E-state index in [0.29, 0.717) is 24.4 Å². The Bertz CT molecular complexity index is 739. The molecule has 0 saturated heterocycles. The highest BCUT2D eigenvalue weighted by molar-refractivity contribution is 5.88. The van der Waals surface area contributed by atoms with E-state index in [1.54, 1.807) is 24.1 Å². The van der Waals surface area contributed by atoms with Gasteiger partial charge in [-0.2, -0.15) is 0 Å². The molecule has 0 aromatic heterocycles. The smallest absolute Gasteiger partial charge is 0.269 e. The van der Waals surface area contributed by atoms with Crippen LogP contribution in [0.5, 0.6) is 5.75 Å². The molecule has 132 valence electrons. The molecular weight excluding hydrogens is 320 g/mol. The molecule has 1 unspecified atom stereocenters. The predicted molar refractivity (Wildman–Crippen MR) is 95.9 cm³/mol. The maximum absolute atomic E-state index is 13.1.